The summed E-state index contributed by atoms with van der Waals surface area (Å²) in [6.45, 7) is 5.14. The number of β-lactam (4-membered cyclic amide) rings is 1. The van der Waals surface area contributed by atoms with Crippen LogP contribution in [-0.2, 0) is 14.4 Å². The summed E-state index contributed by atoms with van der Waals surface area (Å²) < 4.78 is -0.651. The molecule has 0 aromatic rings. The monoisotopic (exact) mass is 272 g/mol. The molecule has 100 valence electrons. The number of hydrogen-bond donors (Lipinski definition) is 2. The number of carboxylic acid groups (broad SMARTS) is 1. The quantitative estimate of drug-likeness (QED) is 0.545. The second-order valence-electron chi connectivity index (χ2n) is 5.17. The molecule has 2 fully saturated rings. The van der Waals surface area contributed by atoms with E-state index in [1.165, 1.54) is 16.7 Å². The van der Waals surface area contributed by atoms with Gasteiger partial charge in [-0.05, 0) is 13.8 Å². The van der Waals surface area contributed by atoms with E-state index in [9.17, 15) is 19.5 Å². The van der Waals surface area contributed by atoms with Gasteiger partial charge < -0.3 is 15.7 Å². The van der Waals surface area contributed by atoms with Crippen LogP contribution >= 0.6 is 11.8 Å². The zero-order valence-electron chi connectivity index (χ0n) is 10.5. The van der Waals surface area contributed by atoms with Crippen molar-refractivity contribution < 1.29 is 19.5 Å². The number of Topliss-reactive ketones (excluding diaryl/α,β-unsaturated/α-hetero) is 1. The van der Waals surface area contributed by atoms with Gasteiger partial charge in [0.25, 0.3) is 5.91 Å². The molecule has 1 unspecified atom stereocenters. The molecule has 2 aliphatic heterocycles. The summed E-state index contributed by atoms with van der Waals surface area (Å²) >= 11 is 1.29. The van der Waals surface area contributed by atoms with Crippen LogP contribution < -0.4 is 5.73 Å². The van der Waals surface area contributed by atoms with Gasteiger partial charge in [0.1, 0.15) is 11.4 Å². The number of carbonyl (C=O) groups is 3. The lowest BCUT2D eigenvalue weighted by Gasteiger charge is -2.49. The second kappa shape index (κ2) is 3.71. The van der Waals surface area contributed by atoms with Crippen molar-refractivity contribution in [3.63, 3.8) is 0 Å². The molecular weight excluding hydrogens is 256 g/mol. The van der Waals surface area contributed by atoms with Gasteiger partial charge in [-0.2, -0.15) is 0 Å². The molecule has 6 nitrogen and oxygen atoms in total. The van der Waals surface area contributed by atoms with Crippen molar-refractivity contribution in [1.29, 1.82) is 0 Å². The largest absolute Gasteiger partial charge is 0.480 e. The molecule has 3 N–H and O–H groups in total. The predicted octanol–water partition coefficient (Wildman–Crippen LogP) is -0.190. The number of amides is 1. The van der Waals surface area contributed by atoms with Crippen molar-refractivity contribution in [2.24, 2.45) is 5.73 Å². The molecule has 0 bridgehead atoms. The van der Waals surface area contributed by atoms with Crippen LogP contribution in [0.5, 0.6) is 0 Å². The number of ketones is 1. The maximum atomic E-state index is 12.1. The average Bonchev–Trinajstić information content (AvgIpc) is 2.56. The summed E-state index contributed by atoms with van der Waals surface area (Å²) in [6.07, 6.45) is 0.172. The lowest BCUT2D eigenvalue weighted by atomic mass is 9.81. The maximum absolute atomic E-state index is 12.1. The number of carbonyl (C=O) groups excluding carboxylic acids is 2. The third-order valence-electron chi connectivity index (χ3n) is 3.60. The minimum absolute atomic E-state index is 0.172. The van der Waals surface area contributed by atoms with Crippen molar-refractivity contribution in [1.82, 2.24) is 4.90 Å². The average molecular weight is 272 g/mol. The Kier molecular flexibility index (Phi) is 2.75. The fourth-order valence-corrected chi connectivity index (χ4v) is 4.30. The molecule has 0 radical (unpaired) electrons. The Balaban J connectivity index is 2.38. The molecule has 2 heterocycles. The molecule has 2 rings (SSSR count). The van der Waals surface area contributed by atoms with Crippen molar-refractivity contribution >= 4 is 29.4 Å². The van der Waals surface area contributed by atoms with Crippen LogP contribution in [0.1, 0.15) is 27.2 Å². The van der Waals surface area contributed by atoms with Crippen LogP contribution in [0.15, 0.2) is 0 Å². The lowest BCUT2D eigenvalue weighted by Crippen LogP contribution is -2.80. The number of hydrogen-bond acceptors (Lipinski definition) is 5. The topological polar surface area (TPSA) is 101 Å². The van der Waals surface area contributed by atoms with Crippen LogP contribution in [0.25, 0.3) is 0 Å². The summed E-state index contributed by atoms with van der Waals surface area (Å²) in [5, 5.41) is 8.66. The molecule has 7 heteroatoms. The molecular formula is C11H16N2O4S. The highest BCUT2D eigenvalue weighted by molar-refractivity contribution is 8.01. The van der Waals surface area contributed by atoms with Gasteiger partial charge in [0.2, 0.25) is 0 Å². The summed E-state index contributed by atoms with van der Waals surface area (Å²) in [5.41, 5.74) is 4.37. The van der Waals surface area contributed by atoms with Crippen LogP contribution in [-0.4, -0.2) is 49.4 Å². The van der Waals surface area contributed by atoms with Crippen LogP contribution in [0.3, 0.4) is 0 Å². The Morgan fingerprint density at radius 3 is 2.50 bits per heavy atom. The Bertz CT molecular complexity index is 450. The molecule has 2 saturated heterocycles. The van der Waals surface area contributed by atoms with Crippen LogP contribution in [0.4, 0.5) is 0 Å². The first-order valence-electron chi connectivity index (χ1n) is 5.73. The van der Waals surface area contributed by atoms with Gasteiger partial charge in [-0.3, -0.25) is 9.59 Å². The predicted molar refractivity (Wildman–Crippen MR) is 65.9 cm³/mol. The van der Waals surface area contributed by atoms with E-state index in [-0.39, 0.29) is 12.2 Å². The summed E-state index contributed by atoms with van der Waals surface area (Å²) in [5.74, 6) is -1.96. The zero-order chi connectivity index (χ0) is 13.9. The number of rotatable bonds is 3. The highest BCUT2D eigenvalue weighted by Crippen LogP contribution is 2.54. The molecule has 2 aliphatic rings. The Labute approximate surface area is 109 Å². The van der Waals surface area contributed by atoms with Gasteiger partial charge in [0.05, 0.1) is 0 Å². The number of aliphatic carboxylic acids is 1. The van der Waals surface area contributed by atoms with Gasteiger partial charge in [-0.1, -0.05) is 6.92 Å². The standard InChI is InChI=1S/C11H16N2O4S/c1-4-5(14)11(12)8(17)13-6(7(15)16)10(2,3)18-9(11)13/h6,9H,4,12H2,1-3H3,(H,15,16)/t6-,9+,11?/m0/s1. The van der Waals surface area contributed by atoms with Gasteiger partial charge in [-0.15, -0.1) is 11.8 Å². The van der Waals surface area contributed by atoms with E-state index < -0.39 is 33.6 Å². The van der Waals surface area contributed by atoms with E-state index >= 15 is 0 Å². The number of nitrogens with two attached hydrogens (primary N) is 1. The third-order valence-corrected chi connectivity index (χ3v) is 5.25. The van der Waals surface area contributed by atoms with Crippen molar-refractivity contribution in [2.45, 2.75) is 48.9 Å². The highest BCUT2D eigenvalue weighted by atomic mass is 32.2. The molecule has 0 aromatic heterocycles. The Morgan fingerprint density at radius 1 is 1.50 bits per heavy atom. The fraction of sp³-hybridized carbons (Fsp3) is 0.727. The molecule has 0 saturated carbocycles. The van der Waals surface area contributed by atoms with E-state index in [1.54, 1.807) is 20.8 Å². The van der Waals surface area contributed by atoms with Gasteiger partial charge >= 0.3 is 5.97 Å². The van der Waals surface area contributed by atoms with Gasteiger partial charge in [0, 0.05) is 11.2 Å². The lowest BCUT2D eigenvalue weighted by molar-refractivity contribution is -0.168. The highest BCUT2D eigenvalue weighted by Gasteiger charge is 2.72. The first-order valence-corrected chi connectivity index (χ1v) is 6.61. The molecule has 0 aromatic carbocycles. The number of nitrogens with zero attached hydrogens (tertiary/aromatic N) is 1. The van der Waals surface area contributed by atoms with E-state index in [2.05, 4.69) is 0 Å². The van der Waals surface area contributed by atoms with Crippen LogP contribution in [0.2, 0.25) is 0 Å². The molecule has 0 aliphatic carbocycles. The first-order chi connectivity index (χ1) is 8.17. The minimum atomic E-state index is -1.54. The number of thioether (sulfide) groups is 1. The number of fused-ring (bicyclic) bond motifs is 1. The maximum Gasteiger partial charge on any atom is 0.327 e. The molecule has 1 amide bonds. The van der Waals surface area contributed by atoms with E-state index in [4.69, 9.17) is 5.73 Å². The summed E-state index contributed by atoms with van der Waals surface area (Å²) in [6, 6.07) is -0.929. The first kappa shape index (κ1) is 13.4. The van der Waals surface area contributed by atoms with Crippen molar-refractivity contribution in [2.75, 3.05) is 0 Å². The molecule has 0 spiro atoms. The zero-order valence-corrected chi connectivity index (χ0v) is 11.3. The van der Waals surface area contributed by atoms with E-state index in [0.717, 1.165) is 0 Å². The minimum Gasteiger partial charge on any atom is -0.480 e. The van der Waals surface area contributed by atoms with Crippen molar-refractivity contribution in [3.05, 3.63) is 0 Å². The normalized spacial score (nSPS) is 37.1. The fourth-order valence-electron chi connectivity index (χ4n) is 2.63. The smallest absolute Gasteiger partial charge is 0.327 e. The third kappa shape index (κ3) is 1.37. The summed E-state index contributed by atoms with van der Waals surface area (Å²) in [7, 11) is 0. The Hall–Kier alpha value is -1.08. The van der Waals surface area contributed by atoms with Crippen molar-refractivity contribution in [3.8, 4) is 0 Å². The molecule has 3 atom stereocenters. The SMILES string of the molecule is CCC(=O)C1(N)C(=O)N2[C@@H](C(=O)O)C(C)(C)S[C@@H]21. The Morgan fingerprint density at radius 2 is 2.06 bits per heavy atom. The molecule has 18 heavy (non-hydrogen) atoms. The van der Waals surface area contributed by atoms with E-state index in [1.807, 2.05) is 0 Å². The van der Waals surface area contributed by atoms with Crippen LogP contribution in [0, 0.1) is 0 Å². The summed E-state index contributed by atoms with van der Waals surface area (Å²) in [4.78, 5) is 36.4. The van der Waals surface area contributed by atoms with Gasteiger partial charge in [0.15, 0.2) is 11.3 Å². The van der Waals surface area contributed by atoms with E-state index in [0.29, 0.717) is 0 Å². The second-order valence-corrected chi connectivity index (χ2v) is 6.91. The van der Waals surface area contributed by atoms with Gasteiger partial charge in [-0.25, -0.2) is 4.79 Å². The number of carboxylic acids is 1.